The minimum atomic E-state index is -0.296. The van der Waals surface area contributed by atoms with Gasteiger partial charge in [0.05, 0.1) is 28.2 Å². The molecular weight excluding hydrogens is 340 g/mol. The topological polar surface area (TPSA) is 75.6 Å². The number of para-hydroxylation sites is 2. The Labute approximate surface area is 155 Å². The minimum absolute atomic E-state index is 0.280. The zero-order valence-electron chi connectivity index (χ0n) is 14.8. The van der Waals surface area contributed by atoms with Gasteiger partial charge in [-0.15, -0.1) is 0 Å². The first kappa shape index (κ1) is 16.7. The summed E-state index contributed by atoms with van der Waals surface area (Å²) in [6, 6.07) is 18.5. The Kier molecular flexibility index (Phi) is 4.01. The summed E-state index contributed by atoms with van der Waals surface area (Å²) in [6.45, 7) is 5.57. The van der Waals surface area contributed by atoms with E-state index in [1.54, 1.807) is 13.0 Å². The molecule has 2 N–H and O–H groups in total. The Balaban J connectivity index is 1.97. The van der Waals surface area contributed by atoms with Crippen molar-refractivity contribution in [3.8, 4) is 22.5 Å². The van der Waals surface area contributed by atoms with Gasteiger partial charge in [-0.05, 0) is 37.3 Å². The van der Waals surface area contributed by atoms with Gasteiger partial charge in [0, 0.05) is 5.69 Å². The van der Waals surface area contributed by atoms with E-state index in [1.165, 1.54) is 9.36 Å². The molecule has 0 spiro atoms. The summed E-state index contributed by atoms with van der Waals surface area (Å²) in [4.78, 5) is 26.2. The normalized spacial score (nSPS) is 10.9. The lowest BCUT2D eigenvalue weighted by Crippen LogP contribution is -2.20. The van der Waals surface area contributed by atoms with E-state index in [4.69, 9.17) is 0 Å². The number of nitrogens with one attached hydrogen (secondary N) is 2. The molecule has 0 radical (unpaired) electrons. The average molecular weight is 358 g/mol. The van der Waals surface area contributed by atoms with Gasteiger partial charge >= 0.3 is 0 Å². The zero-order valence-corrected chi connectivity index (χ0v) is 14.8. The second-order valence-electron chi connectivity index (χ2n) is 6.17. The van der Waals surface area contributed by atoms with E-state index >= 15 is 0 Å². The molecule has 0 aliphatic rings. The molecule has 0 atom stereocenters. The smallest absolute Gasteiger partial charge is 0.279 e. The van der Waals surface area contributed by atoms with Gasteiger partial charge in [0.1, 0.15) is 0 Å². The Morgan fingerprint density at radius 3 is 1.78 bits per heavy atom. The van der Waals surface area contributed by atoms with Gasteiger partial charge in [-0.1, -0.05) is 43.0 Å². The van der Waals surface area contributed by atoms with Crippen LogP contribution in [-0.4, -0.2) is 19.6 Å². The van der Waals surface area contributed by atoms with Crippen LogP contribution in [0.4, 0.5) is 0 Å². The molecule has 2 heterocycles. The first-order valence-electron chi connectivity index (χ1n) is 8.52. The lowest BCUT2D eigenvalue weighted by atomic mass is 10.1. The van der Waals surface area contributed by atoms with E-state index in [9.17, 15) is 9.59 Å². The highest BCUT2D eigenvalue weighted by atomic mass is 16.1. The van der Waals surface area contributed by atoms with Gasteiger partial charge in [-0.2, -0.15) is 0 Å². The molecule has 6 nitrogen and oxygen atoms in total. The summed E-state index contributed by atoms with van der Waals surface area (Å²) in [5.41, 5.74) is 2.58. The highest BCUT2D eigenvalue weighted by Crippen LogP contribution is 2.22. The molecule has 0 bridgehead atoms. The molecule has 0 aliphatic heterocycles. The number of aromatic amines is 2. The molecule has 4 rings (SSSR count). The Hall–Kier alpha value is -3.80. The van der Waals surface area contributed by atoms with Crippen LogP contribution >= 0.6 is 0 Å². The molecule has 134 valence electrons. The van der Waals surface area contributed by atoms with Crippen molar-refractivity contribution in [3.05, 3.63) is 99.3 Å². The second kappa shape index (κ2) is 6.49. The molecular formula is C21H18N4O2. The van der Waals surface area contributed by atoms with Crippen molar-refractivity contribution in [1.82, 2.24) is 19.6 Å². The fourth-order valence-electron chi connectivity index (χ4n) is 3.20. The standard InChI is InChI=1S/C21H18N4O2/c1-3-17-19(21(27)25(23-17)16-12-8-5-9-13-16)18-14(2)22-24(20(18)26)15-10-6-4-7-11-15/h3-13,22-23H,1H2,2H3. The van der Waals surface area contributed by atoms with Crippen molar-refractivity contribution < 1.29 is 0 Å². The van der Waals surface area contributed by atoms with Crippen LogP contribution in [-0.2, 0) is 0 Å². The van der Waals surface area contributed by atoms with Crippen LogP contribution in [0, 0.1) is 6.92 Å². The highest BCUT2D eigenvalue weighted by Gasteiger charge is 2.23. The number of H-pyrrole nitrogens is 2. The van der Waals surface area contributed by atoms with Crippen LogP contribution in [0.3, 0.4) is 0 Å². The predicted octanol–water partition coefficient (Wildman–Crippen LogP) is 3.26. The van der Waals surface area contributed by atoms with Gasteiger partial charge in [0.25, 0.3) is 11.1 Å². The molecule has 0 amide bonds. The van der Waals surface area contributed by atoms with Gasteiger partial charge in [-0.25, -0.2) is 9.36 Å². The van der Waals surface area contributed by atoms with E-state index < -0.39 is 0 Å². The summed E-state index contributed by atoms with van der Waals surface area (Å²) >= 11 is 0. The molecule has 0 saturated heterocycles. The number of benzene rings is 2. The predicted molar refractivity (Wildman–Crippen MR) is 107 cm³/mol. The maximum Gasteiger partial charge on any atom is 0.279 e. The molecule has 2 aromatic heterocycles. The molecule has 0 aliphatic carbocycles. The van der Waals surface area contributed by atoms with Crippen LogP contribution < -0.4 is 11.1 Å². The van der Waals surface area contributed by atoms with Gasteiger partial charge in [0.2, 0.25) is 0 Å². The van der Waals surface area contributed by atoms with E-state index in [1.807, 2.05) is 60.7 Å². The van der Waals surface area contributed by atoms with Gasteiger partial charge < -0.3 is 0 Å². The van der Waals surface area contributed by atoms with Crippen molar-refractivity contribution in [2.24, 2.45) is 0 Å². The first-order chi connectivity index (χ1) is 13.1. The second-order valence-corrected chi connectivity index (χ2v) is 6.17. The summed E-state index contributed by atoms with van der Waals surface area (Å²) in [5.74, 6) is 0. The van der Waals surface area contributed by atoms with Crippen molar-refractivity contribution >= 4 is 6.08 Å². The monoisotopic (exact) mass is 358 g/mol. The minimum Gasteiger partial charge on any atom is -0.295 e. The fraction of sp³-hybridized carbons (Fsp3) is 0.0476. The molecule has 0 saturated carbocycles. The number of nitrogens with zero attached hydrogens (tertiary/aromatic N) is 2. The van der Waals surface area contributed by atoms with Crippen LogP contribution in [0.5, 0.6) is 0 Å². The lowest BCUT2D eigenvalue weighted by molar-refractivity contribution is 0.835. The SMILES string of the molecule is C=Cc1[nH]n(-c2ccccc2)c(=O)c1-c1c(C)[nH]n(-c2ccccc2)c1=O. The van der Waals surface area contributed by atoms with Crippen LogP contribution in [0.25, 0.3) is 28.6 Å². The van der Waals surface area contributed by atoms with Crippen molar-refractivity contribution in [3.63, 3.8) is 0 Å². The average Bonchev–Trinajstić information content (AvgIpc) is 3.18. The number of hydrogen-bond acceptors (Lipinski definition) is 2. The molecule has 0 fully saturated rings. The molecule has 6 heteroatoms. The highest BCUT2D eigenvalue weighted by molar-refractivity contribution is 5.74. The van der Waals surface area contributed by atoms with Crippen LogP contribution in [0.2, 0.25) is 0 Å². The van der Waals surface area contributed by atoms with Crippen molar-refractivity contribution in [2.45, 2.75) is 6.92 Å². The van der Waals surface area contributed by atoms with E-state index in [0.717, 1.165) is 0 Å². The third kappa shape index (κ3) is 2.67. The summed E-state index contributed by atoms with van der Waals surface area (Å²) in [5, 5.41) is 6.11. The molecule has 2 aromatic carbocycles. The number of hydrogen-bond donors (Lipinski definition) is 2. The largest absolute Gasteiger partial charge is 0.295 e. The Morgan fingerprint density at radius 2 is 1.26 bits per heavy atom. The van der Waals surface area contributed by atoms with E-state index in [-0.39, 0.29) is 11.1 Å². The van der Waals surface area contributed by atoms with Crippen LogP contribution in [0.15, 0.2) is 76.8 Å². The maximum atomic E-state index is 13.1. The molecule has 27 heavy (non-hydrogen) atoms. The number of rotatable bonds is 4. The fourth-order valence-corrected chi connectivity index (χ4v) is 3.20. The number of aromatic nitrogens is 4. The maximum absolute atomic E-state index is 13.1. The zero-order chi connectivity index (χ0) is 19.0. The number of aryl methyl sites for hydroxylation is 1. The quantitative estimate of drug-likeness (QED) is 0.587. The Morgan fingerprint density at radius 1 is 0.778 bits per heavy atom. The third-order valence-corrected chi connectivity index (χ3v) is 4.47. The molecule has 0 unspecified atom stereocenters. The summed E-state index contributed by atoms with van der Waals surface area (Å²) in [6.07, 6.45) is 1.55. The van der Waals surface area contributed by atoms with Crippen molar-refractivity contribution in [2.75, 3.05) is 0 Å². The molecule has 4 aromatic rings. The van der Waals surface area contributed by atoms with E-state index in [2.05, 4.69) is 16.8 Å². The van der Waals surface area contributed by atoms with Gasteiger partial charge in [-0.3, -0.25) is 19.8 Å². The van der Waals surface area contributed by atoms with Crippen molar-refractivity contribution in [1.29, 1.82) is 0 Å². The van der Waals surface area contributed by atoms with Gasteiger partial charge in [0.15, 0.2) is 0 Å². The Bertz CT molecular complexity index is 1220. The van der Waals surface area contributed by atoms with E-state index in [0.29, 0.717) is 33.9 Å². The first-order valence-corrected chi connectivity index (χ1v) is 8.52. The van der Waals surface area contributed by atoms with Crippen LogP contribution in [0.1, 0.15) is 11.4 Å². The summed E-state index contributed by atoms with van der Waals surface area (Å²) in [7, 11) is 0. The summed E-state index contributed by atoms with van der Waals surface area (Å²) < 4.78 is 2.86. The third-order valence-electron chi connectivity index (χ3n) is 4.47. The lowest BCUT2D eigenvalue weighted by Gasteiger charge is -1.99.